The molecule has 0 saturated carbocycles. The van der Waals surface area contributed by atoms with Crippen LogP contribution in [0.2, 0.25) is 0 Å². The highest BCUT2D eigenvalue weighted by molar-refractivity contribution is 7.18. The van der Waals surface area contributed by atoms with Crippen LogP contribution in [-0.4, -0.2) is 9.97 Å². The second-order valence-electron chi connectivity index (χ2n) is 7.05. The van der Waals surface area contributed by atoms with Gasteiger partial charge in [-0.25, -0.2) is 4.98 Å². The summed E-state index contributed by atoms with van der Waals surface area (Å²) in [5.74, 6) is 0.493. The summed E-state index contributed by atoms with van der Waals surface area (Å²) >= 11 is 1.81. The maximum absolute atomic E-state index is 4.94. The Morgan fingerprint density at radius 2 is 1.86 bits per heavy atom. The zero-order valence-corrected chi connectivity index (χ0v) is 14.7. The zero-order valence-electron chi connectivity index (χ0n) is 13.8. The van der Waals surface area contributed by atoms with Crippen LogP contribution in [0.5, 0.6) is 0 Å². The lowest BCUT2D eigenvalue weighted by Gasteiger charge is -2.13. The maximum Gasteiger partial charge on any atom is 0.0992 e. The lowest BCUT2D eigenvalue weighted by atomic mass is 9.97. The highest BCUT2D eigenvalue weighted by atomic mass is 32.1. The molecular formula is C19H22N2S. The Kier molecular flexibility index (Phi) is 3.77. The summed E-state index contributed by atoms with van der Waals surface area (Å²) in [6.45, 7) is 11.1. The van der Waals surface area contributed by atoms with E-state index in [0.29, 0.717) is 5.92 Å². The van der Waals surface area contributed by atoms with Crippen molar-refractivity contribution in [2.45, 2.75) is 46.0 Å². The number of pyridine rings is 1. The van der Waals surface area contributed by atoms with E-state index in [0.717, 1.165) is 16.8 Å². The number of nitrogens with zero attached hydrogens (tertiary/aromatic N) is 2. The fraction of sp³-hybridized carbons (Fsp3) is 0.368. The highest BCUT2D eigenvalue weighted by Gasteiger charge is 2.21. The minimum atomic E-state index is 0.0725. The highest BCUT2D eigenvalue weighted by Crippen LogP contribution is 2.37. The number of rotatable bonds is 2. The quantitative estimate of drug-likeness (QED) is 0.599. The van der Waals surface area contributed by atoms with Crippen molar-refractivity contribution in [2.75, 3.05) is 0 Å². The van der Waals surface area contributed by atoms with E-state index < -0.39 is 0 Å². The average molecular weight is 310 g/mol. The van der Waals surface area contributed by atoms with Crippen molar-refractivity contribution in [3.8, 4) is 11.3 Å². The van der Waals surface area contributed by atoms with Crippen LogP contribution in [0.25, 0.3) is 21.5 Å². The van der Waals surface area contributed by atoms with Crippen molar-refractivity contribution in [1.29, 1.82) is 0 Å². The number of fused-ring (bicyclic) bond motifs is 1. The first-order valence-corrected chi connectivity index (χ1v) is 8.54. The third kappa shape index (κ3) is 2.78. The minimum Gasteiger partial charge on any atom is -0.256 e. The van der Waals surface area contributed by atoms with Gasteiger partial charge in [-0.2, -0.15) is 0 Å². The molecule has 3 aromatic rings. The van der Waals surface area contributed by atoms with E-state index in [1.165, 1.54) is 15.3 Å². The van der Waals surface area contributed by atoms with Gasteiger partial charge < -0.3 is 0 Å². The van der Waals surface area contributed by atoms with Gasteiger partial charge in [-0.1, -0.05) is 40.7 Å². The molecule has 2 aromatic heterocycles. The molecule has 0 radical (unpaired) electrons. The number of hydrogen-bond donors (Lipinski definition) is 0. The van der Waals surface area contributed by atoms with Crippen LogP contribution < -0.4 is 0 Å². The molecule has 0 bridgehead atoms. The molecule has 0 fully saturated rings. The summed E-state index contributed by atoms with van der Waals surface area (Å²) in [5, 5.41) is 1.18. The van der Waals surface area contributed by atoms with Crippen molar-refractivity contribution in [3.63, 3.8) is 0 Å². The molecule has 0 spiro atoms. The molecule has 2 nitrogen and oxygen atoms in total. The minimum absolute atomic E-state index is 0.0725. The normalized spacial score (nSPS) is 12.3. The Labute approximate surface area is 136 Å². The fourth-order valence-corrected chi connectivity index (χ4v) is 3.52. The summed E-state index contributed by atoms with van der Waals surface area (Å²) < 4.78 is 1.26. The number of hydrogen-bond acceptors (Lipinski definition) is 3. The Morgan fingerprint density at radius 3 is 2.45 bits per heavy atom. The summed E-state index contributed by atoms with van der Waals surface area (Å²) in [6, 6.07) is 10.6. The summed E-state index contributed by atoms with van der Waals surface area (Å²) in [7, 11) is 0. The van der Waals surface area contributed by atoms with Crippen LogP contribution in [0.3, 0.4) is 0 Å². The van der Waals surface area contributed by atoms with E-state index in [9.17, 15) is 0 Å². The Balaban J connectivity index is 2.30. The largest absolute Gasteiger partial charge is 0.256 e. The molecule has 1 aromatic carbocycles. The van der Waals surface area contributed by atoms with Crippen LogP contribution >= 0.6 is 11.3 Å². The summed E-state index contributed by atoms with van der Waals surface area (Å²) in [5.41, 5.74) is 4.65. The van der Waals surface area contributed by atoms with Crippen molar-refractivity contribution in [3.05, 3.63) is 47.1 Å². The SMILES string of the molecule is CC(C)c1cc(-c2ccccn2)c2nc(C(C)(C)C)sc2c1. The molecule has 3 rings (SSSR count). The van der Waals surface area contributed by atoms with E-state index in [1.54, 1.807) is 11.3 Å². The third-order valence-electron chi connectivity index (χ3n) is 3.77. The van der Waals surface area contributed by atoms with Gasteiger partial charge >= 0.3 is 0 Å². The number of aromatic nitrogens is 2. The van der Waals surface area contributed by atoms with Crippen molar-refractivity contribution >= 4 is 21.6 Å². The van der Waals surface area contributed by atoms with E-state index in [2.05, 4.69) is 57.8 Å². The van der Waals surface area contributed by atoms with Crippen LogP contribution in [0, 0.1) is 0 Å². The molecule has 0 aliphatic heterocycles. The molecule has 0 aliphatic rings. The van der Waals surface area contributed by atoms with E-state index in [-0.39, 0.29) is 5.41 Å². The predicted octanol–water partition coefficient (Wildman–Crippen LogP) is 5.78. The number of thiazole rings is 1. The molecule has 2 heterocycles. The first-order chi connectivity index (χ1) is 10.4. The van der Waals surface area contributed by atoms with E-state index in [1.807, 2.05) is 18.3 Å². The predicted molar refractivity (Wildman–Crippen MR) is 95.6 cm³/mol. The molecular weight excluding hydrogens is 288 g/mol. The van der Waals surface area contributed by atoms with Crippen LogP contribution in [0.1, 0.15) is 51.1 Å². The Hall–Kier alpha value is -1.74. The van der Waals surface area contributed by atoms with Gasteiger partial charge in [-0.05, 0) is 35.7 Å². The number of benzene rings is 1. The topological polar surface area (TPSA) is 25.8 Å². The maximum atomic E-state index is 4.94. The van der Waals surface area contributed by atoms with Crippen LogP contribution in [0.4, 0.5) is 0 Å². The molecule has 22 heavy (non-hydrogen) atoms. The van der Waals surface area contributed by atoms with Gasteiger partial charge in [0.1, 0.15) is 0 Å². The standard InChI is InChI=1S/C19H22N2S/c1-12(2)13-10-14(15-8-6-7-9-20-15)17-16(11-13)22-18(21-17)19(3,4)5/h6-12H,1-5H3. The lowest BCUT2D eigenvalue weighted by molar-refractivity contribution is 0.587. The third-order valence-corrected chi connectivity index (χ3v) is 5.19. The van der Waals surface area contributed by atoms with Crippen molar-refractivity contribution in [1.82, 2.24) is 9.97 Å². The van der Waals surface area contributed by atoms with Crippen molar-refractivity contribution in [2.24, 2.45) is 0 Å². The molecule has 0 amide bonds. The van der Waals surface area contributed by atoms with Gasteiger partial charge in [0.25, 0.3) is 0 Å². The second kappa shape index (κ2) is 5.47. The van der Waals surface area contributed by atoms with Gasteiger partial charge in [0, 0.05) is 17.2 Å². The van der Waals surface area contributed by atoms with Gasteiger partial charge in [-0.3, -0.25) is 4.98 Å². The first kappa shape index (κ1) is 15.2. The van der Waals surface area contributed by atoms with Gasteiger partial charge in [-0.15, -0.1) is 11.3 Å². The second-order valence-corrected chi connectivity index (χ2v) is 8.08. The lowest BCUT2D eigenvalue weighted by Crippen LogP contribution is -2.09. The van der Waals surface area contributed by atoms with E-state index >= 15 is 0 Å². The smallest absolute Gasteiger partial charge is 0.0992 e. The van der Waals surface area contributed by atoms with Crippen molar-refractivity contribution < 1.29 is 0 Å². The molecule has 3 heteroatoms. The average Bonchev–Trinajstić information content (AvgIpc) is 2.91. The van der Waals surface area contributed by atoms with Crippen LogP contribution in [-0.2, 0) is 5.41 Å². The summed E-state index contributed by atoms with van der Waals surface area (Å²) in [6.07, 6.45) is 1.85. The van der Waals surface area contributed by atoms with Crippen LogP contribution in [0.15, 0.2) is 36.5 Å². The monoisotopic (exact) mass is 310 g/mol. The Morgan fingerprint density at radius 1 is 1.09 bits per heavy atom. The molecule has 0 unspecified atom stereocenters. The molecule has 0 atom stereocenters. The van der Waals surface area contributed by atoms with Gasteiger partial charge in [0.2, 0.25) is 0 Å². The molecule has 114 valence electrons. The summed E-state index contributed by atoms with van der Waals surface area (Å²) in [4.78, 5) is 9.47. The van der Waals surface area contributed by atoms with Gasteiger partial charge in [0.15, 0.2) is 0 Å². The molecule has 0 aliphatic carbocycles. The fourth-order valence-electron chi connectivity index (χ4n) is 2.42. The van der Waals surface area contributed by atoms with Gasteiger partial charge in [0.05, 0.1) is 20.9 Å². The van der Waals surface area contributed by atoms with E-state index in [4.69, 9.17) is 4.98 Å². The molecule has 0 N–H and O–H groups in total. The Bertz CT molecular complexity index is 795. The first-order valence-electron chi connectivity index (χ1n) is 7.72. The zero-order chi connectivity index (χ0) is 15.9. The molecule has 0 saturated heterocycles.